The summed E-state index contributed by atoms with van der Waals surface area (Å²) in [5, 5.41) is 16.1. The van der Waals surface area contributed by atoms with Gasteiger partial charge in [-0.05, 0) is 19.9 Å². The molecule has 2 aromatic heterocycles. The second-order valence-electron chi connectivity index (χ2n) is 8.76. The van der Waals surface area contributed by atoms with Crippen LogP contribution in [0.3, 0.4) is 0 Å². The van der Waals surface area contributed by atoms with Crippen molar-refractivity contribution in [3.63, 3.8) is 0 Å². The molecule has 1 aliphatic carbocycles. The Labute approximate surface area is 234 Å². The molecule has 1 aliphatic heterocycles. The second-order valence-corrected chi connectivity index (χ2v) is 10.5. The molecule has 1 saturated heterocycles. The zero-order valence-corrected chi connectivity index (χ0v) is 22.4. The van der Waals surface area contributed by atoms with Crippen LogP contribution in [-0.2, 0) is 6.42 Å². The summed E-state index contributed by atoms with van der Waals surface area (Å²) in [6.45, 7) is 5.55. The van der Waals surface area contributed by atoms with Crippen LogP contribution >= 0.6 is 34.5 Å². The molecule has 3 heterocycles. The van der Waals surface area contributed by atoms with Gasteiger partial charge in [0.25, 0.3) is 5.91 Å². The molecule has 3 atom stereocenters. The zero-order chi connectivity index (χ0) is 24.9. The van der Waals surface area contributed by atoms with Crippen molar-refractivity contribution in [2.45, 2.75) is 26.3 Å². The number of benzene rings is 1. The molecule has 1 saturated carbocycles. The zero-order valence-electron chi connectivity index (χ0n) is 20.1. The molecule has 0 spiro atoms. The smallest absolute Gasteiger partial charge is 0.544 e. The van der Waals surface area contributed by atoms with E-state index in [1.807, 2.05) is 31.2 Å². The van der Waals surface area contributed by atoms with Gasteiger partial charge in [-0.1, -0.05) is 52.7 Å². The van der Waals surface area contributed by atoms with E-state index in [-0.39, 0.29) is 58.2 Å². The number of amides is 1. The first-order chi connectivity index (χ1) is 16.8. The van der Waals surface area contributed by atoms with Gasteiger partial charge in [0, 0.05) is 48.6 Å². The topological polar surface area (TPSA) is 110 Å². The Morgan fingerprint density at radius 2 is 1.94 bits per heavy atom. The summed E-state index contributed by atoms with van der Waals surface area (Å²) < 4.78 is 5.68. The number of halogens is 2. The number of aromatic carboxylic acids is 1. The fraction of sp³-hybridized carbons (Fsp3) is 0.375. The Morgan fingerprint density at radius 1 is 1.25 bits per heavy atom. The standard InChI is InChI=1S/C24H24Cl2N4O4S.Li/c1-3-34-16-7-5-4-6-12(16)8-15-21(23(32)33)35-24(28-15)30-9-13-14(10-30)19(13)29-22(31)20-18(26)17(25)11(2)27-20;/h4-7,13-14,19,27H,3,8-10H2,1-2H3,(H,29,31)(H,32,33);/q;+1/p-1/t13-,14+,19?;. The number of carbonyl (C=O) groups excluding carboxylic acids is 2. The number of para-hydroxylation sites is 1. The summed E-state index contributed by atoms with van der Waals surface area (Å²) in [4.78, 5) is 34.3. The maximum Gasteiger partial charge on any atom is 1.00 e. The van der Waals surface area contributed by atoms with Gasteiger partial charge in [-0.3, -0.25) is 4.79 Å². The van der Waals surface area contributed by atoms with Crippen molar-refractivity contribution in [2.75, 3.05) is 24.6 Å². The first-order valence-electron chi connectivity index (χ1n) is 11.3. The van der Waals surface area contributed by atoms with Crippen LogP contribution in [0.4, 0.5) is 5.13 Å². The van der Waals surface area contributed by atoms with E-state index in [9.17, 15) is 14.7 Å². The van der Waals surface area contributed by atoms with Crippen molar-refractivity contribution in [1.82, 2.24) is 15.3 Å². The van der Waals surface area contributed by atoms with E-state index < -0.39 is 5.97 Å². The van der Waals surface area contributed by atoms with Crippen molar-refractivity contribution in [3.05, 3.63) is 61.8 Å². The number of hydrogen-bond donors (Lipinski definition) is 2. The van der Waals surface area contributed by atoms with E-state index in [0.29, 0.717) is 53.4 Å². The van der Waals surface area contributed by atoms with Crippen LogP contribution < -0.4 is 38.9 Å². The monoisotopic (exact) mass is 540 g/mol. The van der Waals surface area contributed by atoms with Gasteiger partial charge >= 0.3 is 18.9 Å². The van der Waals surface area contributed by atoms with E-state index in [1.54, 1.807) is 6.92 Å². The number of thiazole rings is 1. The normalized spacial score (nSPS) is 20.0. The molecule has 184 valence electrons. The number of carboxylic acids is 1. The number of aromatic nitrogens is 2. The number of nitrogens with zero attached hydrogens (tertiary/aromatic N) is 2. The molecule has 8 nitrogen and oxygen atoms in total. The Bertz CT molecular complexity index is 1300. The molecule has 2 aliphatic rings. The van der Waals surface area contributed by atoms with E-state index in [1.165, 1.54) is 0 Å². The summed E-state index contributed by atoms with van der Waals surface area (Å²) in [6.07, 6.45) is 0.342. The van der Waals surface area contributed by atoms with Crippen molar-refractivity contribution in [2.24, 2.45) is 11.8 Å². The molecular formula is C24H23Cl2LiN4O4S. The SMILES string of the molecule is CCOc1ccccc1Cc1nc(N2C[C@@H]3C(NC(=O)c4[nH]c(C)c(Cl)c4Cl)[C@@H]3C2)sc1C(=O)[O-].[Li+]. The first kappa shape index (κ1) is 26.9. The van der Waals surface area contributed by atoms with E-state index in [2.05, 4.69) is 20.2 Å². The van der Waals surface area contributed by atoms with Gasteiger partial charge in [-0.2, -0.15) is 0 Å². The molecule has 1 amide bonds. The van der Waals surface area contributed by atoms with E-state index in [0.717, 1.165) is 16.9 Å². The molecule has 36 heavy (non-hydrogen) atoms. The number of carbonyl (C=O) groups is 2. The number of fused-ring (bicyclic) bond motifs is 1. The third kappa shape index (κ3) is 5.00. The Morgan fingerprint density at radius 3 is 2.56 bits per heavy atom. The molecule has 2 fully saturated rings. The van der Waals surface area contributed by atoms with Crippen LogP contribution in [0, 0.1) is 18.8 Å². The quantitative estimate of drug-likeness (QED) is 0.398. The Hall–Kier alpha value is -2.15. The Balaban J connectivity index is 0.00000304. The first-order valence-corrected chi connectivity index (χ1v) is 12.9. The van der Waals surface area contributed by atoms with Crippen molar-refractivity contribution in [1.29, 1.82) is 0 Å². The van der Waals surface area contributed by atoms with Crippen LogP contribution in [0.15, 0.2) is 24.3 Å². The number of aromatic amines is 1. The third-order valence-corrected chi connectivity index (χ3v) is 8.63. The fourth-order valence-electron chi connectivity index (χ4n) is 4.73. The number of piperidine rings is 1. The molecule has 3 aromatic rings. The van der Waals surface area contributed by atoms with Gasteiger partial charge in [-0.25, -0.2) is 4.98 Å². The average Bonchev–Trinajstić information content (AvgIpc) is 3.20. The molecule has 2 N–H and O–H groups in total. The second kappa shape index (κ2) is 10.7. The minimum absolute atomic E-state index is 0. The number of anilines is 1. The predicted octanol–water partition coefficient (Wildman–Crippen LogP) is 0.308. The minimum Gasteiger partial charge on any atom is -0.544 e. The van der Waals surface area contributed by atoms with Gasteiger partial charge in [0.15, 0.2) is 5.13 Å². The van der Waals surface area contributed by atoms with Crippen molar-refractivity contribution >= 4 is 51.5 Å². The van der Waals surface area contributed by atoms with Gasteiger partial charge in [0.1, 0.15) is 11.4 Å². The minimum atomic E-state index is -1.23. The number of hydrogen-bond acceptors (Lipinski definition) is 7. The van der Waals surface area contributed by atoms with Crippen molar-refractivity contribution in [3.8, 4) is 5.75 Å². The molecule has 0 bridgehead atoms. The number of rotatable bonds is 8. The van der Waals surface area contributed by atoms with E-state index in [4.69, 9.17) is 27.9 Å². The predicted molar refractivity (Wildman–Crippen MR) is 133 cm³/mol. The molecule has 0 radical (unpaired) electrons. The molecule has 1 unspecified atom stereocenters. The van der Waals surface area contributed by atoms with Gasteiger partial charge < -0.3 is 29.8 Å². The summed E-state index contributed by atoms with van der Waals surface area (Å²) in [5.41, 5.74) is 2.26. The van der Waals surface area contributed by atoms with Crippen LogP contribution in [0.2, 0.25) is 10.0 Å². The van der Waals surface area contributed by atoms with Gasteiger partial charge in [-0.15, -0.1) is 0 Å². The van der Waals surface area contributed by atoms with Gasteiger partial charge in [0.05, 0.1) is 33.2 Å². The van der Waals surface area contributed by atoms with Crippen LogP contribution in [0.5, 0.6) is 5.75 Å². The fourth-order valence-corrected chi connectivity index (χ4v) is 6.08. The molecule has 5 rings (SSSR count). The maximum atomic E-state index is 12.6. The number of H-pyrrole nitrogens is 1. The third-order valence-electron chi connectivity index (χ3n) is 6.55. The van der Waals surface area contributed by atoms with Crippen molar-refractivity contribution < 1.29 is 38.3 Å². The molecule has 1 aromatic carbocycles. The largest absolute Gasteiger partial charge is 1.00 e. The van der Waals surface area contributed by atoms with Crippen LogP contribution in [0.1, 0.15) is 44.0 Å². The molecular weight excluding hydrogens is 518 g/mol. The molecule has 12 heteroatoms. The van der Waals surface area contributed by atoms with Crippen LogP contribution in [0.25, 0.3) is 0 Å². The van der Waals surface area contributed by atoms with Crippen LogP contribution in [-0.4, -0.2) is 47.6 Å². The Kier molecular flexibility index (Phi) is 7.98. The summed E-state index contributed by atoms with van der Waals surface area (Å²) in [5.74, 6) is -0.263. The number of ether oxygens (including phenoxy) is 1. The summed E-state index contributed by atoms with van der Waals surface area (Å²) >= 11 is 13.4. The van der Waals surface area contributed by atoms with Gasteiger partial charge in [0.2, 0.25) is 0 Å². The average molecular weight is 541 g/mol. The summed E-state index contributed by atoms with van der Waals surface area (Å²) in [7, 11) is 0. The number of aryl methyl sites for hydroxylation is 1. The summed E-state index contributed by atoms with van der Waals surface area (Å²) in [6, 6.07) is 7.58. The van der Waals surface area contributed by atoms with E-state index >= 15 is 0 Å². The maximum absolute atomic E-state index is 12.6. The number of nitrogens with one attached hydrogen (secondary N) is 2. The number of carboxylic acid groups (broad SMARTS) is 1.